The van der Waals surface area contributed by atoms with Gasteiger partial charge in [-0.15, -0.1) is 11.3 Å². The molecule has 0 atom stereocenters. The van der Waals surface area contributed by atoms with Crippen molar-refractivity contribution in [2.24, 2.45) is 5.84 Å². The van der Waals surface area contributed by atoms with Gasteiger partial charge in [0.2, 0.25) is 5.95 Å². The third-order valence-electron chi connectivity index (χ3n) is 2.43. The molecular weight excluding hydrogens is 278 g/mol. The fourth-order valence-electron chi connectivity index (χ4n) is 1.64. The van der Waals surface area contributed by atoms with Crippen LogP contribution in [0.25, 0.3) is 10.2 Å². The average molecular weight is 289 g/mol. The Hall–Kier alpha value is -1.70. The minimum atomic E-state index is 0.420. The van der Waals surface area contributed by atoms with E-state index in [1.54, 1.807) is 11.3 Å². The van der Waals surface area contributed by atoms with Gasteiger partial charge in [0.25, 0.3) is 0 Å². The number of rotatable bonds is 3. The summed E-state index contributed by atoms with van der Waals surface area (Å²) in [6.45, 7) is 1.91. The smallest absolute Gasteiger partial charge is 0.238 e. The molecule has 2 heterocycles. The SMILES string of the molecule is Cc1cc(Sc2nc3ccccc3s2)nc(NN)n1. The lowest BCUT2D eigenvalue weighted by atomic mass is 10.3. The quantitative estimate of drug-likeness (QED) is 0.438. The van der Waals surface area contributed by atoms with Gasteiger partial charge in [0.15, 0.2) is 4.34 Å². The summed E-state index contributed by atoms with van der Waals surface area (Å²) in [7, 11) is 0. The Morgan fingerprint density at radius 2 is 2.05 bits per heavy atom. The van der Waals surface area contributed by atoms with Crippen molar-refractivity contribution in [3.05, 3.63) is 36.0 Å². The highest BCUT2D eigenvalue weighted by molar-refractivity contribution is 8.01. The molecule has 0 radical (unpaired) electrons. The summed E-state index contributed by atoms with van der Waals surface area (Å²) in [5.41, 5.74) is 4.35. The standard InChI is InChI=1S/C12H11N5S2/c1-7-6-10(16-11(14-7)17-13)19-12-15-8-4-2-3-5-9(8)18-12/h2-6H,13H2,1H3,(H,14,16,17). The number of nitrogen functional groups attached to an aromatic ring is 1. The van der Waals surface area contributed by atoms with Gasteiger partial charge in [0, 0.05) is 5.69 Å². The molecule has 0 unspecified atom stereocenters. The number of anilines is 1. The minimum Gasteiger partial charge on any atom is -0.292 e. The van der Waals surface area contributed by atoms with E-state index in [4.69, 9.17) is 5.84 Å². The van der Waals surface area contributed by atoms with E-state index in [1.165, 1.54) is 16.5 Å². The molecule has 0 spiro atoms. The van der Waals surface area contributed by atoms with E-state index in [9.17, 15) is 0 Å². The van der Waals surface area contributed by atoms with Crippen LogP contribution in [0.2, 0.25) is 0 Å². The Balaban J connectivity index is 1.94. The number of nitrogens with two attached hydrogens (primary N) is 1. The van der Waals surface area contributed by atoms with Gasteiger partial charge in [0.05, 0.1) is 10.2 Å². The molecule has 7 heteroatoms. The molecule has 0 bridgehead atoms. The minimum absolute atomic E-state index is 0.420. The predicted octanol–water partition coefficient (Wildman–Crippen LogP) is 2.83. The number of aryl methyl sites for hydroxylation is 1. The van der Waals surface area contributed by atoms with Gasteiger partial charge in [-0.1, -0.05) is 12.1 Å². The molecule has 0 amide bonds. The van der Waals surface area contributed by atoms with Gasteiger partial charge < -0.3 is 0 Å². The fourth-order valence-corrected chi connectivity index (χ4v) is 3.71. The zero-order valence-corrected chi connectivity index (χ0v) is 11.8. The number of benzene rings is 1. The third-order valence-corrected chi connectivity index (χ3v) is 4.44. The van der Waals surface area contributed by atoms with Gasteiger partial charge in [-0.2, -0.15) is 0 Å². The van der Waals surface area contributed by atoms with Gasteiger partial charge in [-0.05, 0) is 36.9 Å². The highest BCUT2D eigenvalue weighted by Gasteiger charge is 2.08. The van der Waals surface area contributed by atoms with E-state index < -0.39 is 0 Å². The second kappa shape index (κ2) is 5.12. The molecule has 0 aliphatic rings. The number of hydrazine groups is 1. The van der Waals surface area contributed by atoms with Crippen LogP contribution in [-0.2, 0) is 0 Å². The Morgan fingerprint density at radius 3 is 2.84 bits per heavy atom. The van der Waals surface area contributed by atoms with Crippen molar-refractivity contribution in [3.8, 4) is 0 Å². The molecule has 2 aromatic heterocycles. The lowest BCUT2D eigenvalue weighted by Gasteiger charge is -2.02. The second-order valence-electron chi connectivity index (χ2n) is 3.87. The first-order valence-electron chi connectivity index (χ1n) is 5.60. The van der Waals surface area contributed by atoms with Crippen LogP contribution in [0.3, 0.4) is 0 Å². The van der Waals surface area contributed by atoms with Crippen molar-refractivity contribution < 1.29 is 0 Å². The predicted molar refractivity (Wildman–Crippen MR) is 78.3 cm³/mol. The van der Waals surface area contributed by atoms with Crippen molar-refractivity contribution in [2.75, 3.05) is 5.43 Å². The van der Waals surface area contributed by atoms with Crippen molar-refractivity contribution in [2.45, 2.75) is 16.3 Å². The summed E-state index contributed by atoms with van der Waals surface area (Å²) >= 11 is 3.17. The van der Waals surface area contributed by atoms with Crippen LogP contribution in [0, 0.1) is 6.92 Å². The number of thiazole rings is 1. The molecule has 5 nitrogen and oxygen atoms in total. The molecule has 0 aliphatic carbocycles. The number of hydrogen-bond donors (Lipinski definition) is 2. The van der Waals surface area contributed by atoms with Gasteiger partial charge in [-0.25, -0.2) is 20.8 Å². The highest BCUT2D eigenvalue weighted by atomic mass is 32.2. The normalized spacial score (nSPS) is 10.8. The lowest BCUT2D eigenvalue weighted by Crippen LogP contribution is -2.11. The molecule has 0 saturated carbocycles. The van der Waals surface area contributed by atoms with E-state index in [0.29, 0.717) is 5.95 Å². The molecular formula is C12H11N5S2. The number of nitrogens with one attached hydrogen (secondary N) is 1. The summed E-state index contributed by atoms with van der Waals surface area (Å²) < 4.78 is 2.13. The van der Waals surface area contributed by atoms with E-state index in [0.717, 1.165) is 20.6 Å². The summed E-state index contributed by atoms with van der Waals surface area (Å²) in [4.78, 5) is 13.0. The maximum absolute atomic E-state index is 5.34. The summed E-state index contributed by atoms with van der Waals surface area (Å²) in [6, 6.07) is 9.99. The first-order valence-corrected chi connectivity index (χ1v) is 7.23. The van der Waals surface area contributed by atoms with E-state index in [1.807, 2.05) is 31.2 Å². The highest BCUT2D eigenvalue weighted by Crippen LogP contribution is 2.33. The largest absolute Gasteiger partial charge is 0.292 e. The van der Waals surface area contributed by atoms with E-state index in [-0.39, 0.29) is 0 Å². The molecule has 3 N–H and O–H groups in total. The monoisotopic (exact) mass is 289 g/mol. The fraction of sp³-hybridized carbons (Fsp3) is 0.0833. The Labute approximate surface area is 118 Å². The number of para-hydroxylation sites is 1. The number of hydrogen-bond acceptors (Lipinski definition) is 7. The molecule has 3 rings (SSSR count). The first-order chi connectivity index (χ1) is 9.24. The molecule has 96 valence electrons. The first kappa shape index (κ1) is 12.3. The molecule has 3 aromatic rings. The lowest BCUT2D eigenvalue weighted by molar-refractivity contribution is 0.993. The molecule has 0 fully saturated rings. The van der Waals surface area contributed by atoms with Gasteiger partial charge in [0.1, 0.15) is 5.03 Å². The molecule has 0 aliphatic heterocycles. The topological polar surface area (TPSA) is 76.7 Å². The number of fused-ring (bicyclic) bond motifs is 1. The summed E-state index contributed by atoms with van der Waals surface area (Å²) in [5, 5.41) is 0.833. The molecule has 0 saturated heterocycles. The van der Waals surface area contributed by atoms with Crippen LogP contribution in [0.1, 0.15) is 5.69 Å². The zero-order valence-electron chi connectivity index (χ0n) is 10.1. The second-order valence-corrected chi connectivity index (χ2v) is 6.16. The maximum Gasteiger partial charge on any atom is 0.238 e. The summed E-state index contributed by atoms with van der Waals surface area (Å²) in [6.07, 6.45) is 0. The Kier molecular flexibility index (Phi) is 3.33. The molecule has 19 heavy (non-hydrogen) atoms. The third kappa shape index (κ3) is 2.67. The number of aromatic nitrogens is 3. The van der Waals surface area contributed by atoms with Crippen molar-refractivity contribution >= 4 is 39.3 Å². The van der Waals surface area contributed by atoms with Gasteiger partial charge in [-0.3, -0.25) is 5.43 Å². The van der Waals surface area contributed by atoms with Crippen LogP contribution < -0.4 is 11.3 Å². The van der Waals surface area contributed by atoms with Gasteiger partial charge >= 0.3 is 0 Å². The van der Waals surface area contributed by atoms with Crippen molar-refractivity contribution in [1.82, 2.24) is 15.0 Å². The van der Waals surface area contributed by atoms with Crippen molar-refractivity contribution in [1.29, 1.82) is 0 Å². The summed E-state index contributed by atoms with van der Waals surface area (Å²) in [5.74, 6) is 5.77. The van der Waals surface area contributed by atoms with Crippen LogP contribution in [0.4, 0.5) is 5.95 Å². The number of nitrogens with zero attached hydrogens (tertiary/aromatic N) is 3. The maximum atomic E-state index is 5.34. The average Bonchev–Trinajstić information content (AvgIpc) is 2.80. The Morgan fingerprint density at radius 1 is 1.21 bits per heavy atom. The van der Waals surface area contributed by atoms with Crippen molar-refractivity contribution in [3.63, 3.8) is 0 Å². The van der Waals surface area contributed by atoms with Crippen LogP contribution >= 0.6 is 23.1 Å². The Bertz CT molecular complexity index is 692. The zero-order chi connectivity index (χ0) is 13.2. The van der Waals surface area contributed by atoms with Crippen LogP contribution in [-0.4, -0.2) is 15.0 Å². The van der Waals surface area contributed by atoms with E-state index >= 15 is 0 Å². The molecule has 1 aromatic carbocycles. The van der Waals surface area contributed by atoms with Crippen LogP contribution in [0.15, 0.2) is 39.7 Å². The van der Waals surface area contributed by atoms with E-state index in [2.05, 4.69) is 26.4 Å². The van der Waals surface area contributed by atoms with Crippen LogP contribution in [0.5, 0.6) is 0 Å².